The molecule has 0 amide bonds. The van der Waals surface area contributed by atoms with Crippen LogP contribution in [0.4, 0.5) is 4.39 Å². The molecule has 1 aliphatic carbocycles. The fraction of sp³-hybridized carbons (Fsp3) is 0.208. The number of benzene rings is 2. The van der Waals surface area contributed by atoms with Crippen molar-refractivity contribution in [2.24, 2.45) is 5.41 Å². The molecular formula is C24H18FNO3. The minimum atomic E-state index is -0.456. The first-order valence-corrected chi connectivity index (χ1v) is 9.52. The van der Waals surface area contributed by atoms with Crippen molar-refractivity contribution in [1.82, 2.24) is 4.98 Å². The van der Waals surface area contributed by atoms with Gasteiger partial charge in [-0.1, -0.05) is 38.1 Å². The van der Waals surface area contributed by atoms with E-state index >= 15 is 0 Å². The third-order valence-electron chi connectivity index (χ3n) is 5.51. The fourth-order valence-electron chi connectivity index (χ4n) is 4.27. The molecule has 0 saturated carbocycles. The lowest BCUT2D eigenvalue weighted by Gasteiger charge is -2.31. The second kappa shape index (κ2) is 6.08. The predicted molar refractivity (Wildman–Crippen MR) is 109 cm³/mol. The van der Waals surface area contributed by atoms with Crippen molar-refractivity contribution in [2.75, 3.05) is 0 Å². The van der Waals surface area contributed by atoms with Crippen molar-refractivity contribution in [1.29, 1.82) is 0 Å². The van der Waals surface area contributed by atoms with Gasteiger partial charge in [0, 0.05) is 23.8 Å². The minimum absolute atomic E-state index is 0.0752. The summed E-state index contributed by atoms with van der Waals surface area (Å²) in [6.07, 6.45) is 0.924. The molecule has 0 unspecified atom stereocenters. The Morgan fingerprint density at radius 2 is 1.66 bits per heavy atom. The van der Waals surface area contributed by atoms with Crippen molar-refractivity contribution in [2.45, 2.75) is 26.7 Å². The highest BCUT2D eigenvalue weighted by Gasteiger charge is 2.38. The standard InChI is InChI=1S/C24H18FNO3/c1-24(2)11-17(27)20-18(12-24)29-22-15-5-3-4-6-16(15)26-23(28)21(22)19(20)13-7-9-14(25)10-8-13/h3-10H,11-12H2,1-2H3. The maximum absolute atomic E-state index is 13.6. The second-order valence-electron chi connectivity index (χ2n) is 8.36. The quantitative estimate of drug-likeness (QED) is 0.418. The topological polar surface area (TPSA) is 60.2 Å². The van der Waals surface area contributed by atoms with Crippen molar-refractivity contribution in [3.8, 4) is 22.5 Å². The molecule has 5 rings (SSSR count). The molecule has 0 fully saturated rings. The zero-order chi connectivity index (χ0) is 20.3. The largest absolute Gasteiger partial charge is 0.459 e. The SMILES string of the molecule is CC1(C)CC(=O)c2c(oc3c4ccccc4nc(=O)c-3c2-c2ccc(F)cc2)C1. The number of fused-ring (bicyclic) bond motifs is 4. The first-order valence-electron chi connectivity index (χ1n) is 9.52. The van der Waals surface area contributed by atoms with Crippen molar-refractivity contribution in [3.63, 3.8) is 0 Å². The van der Waals surface area contributed by atoms with Gasteiger partial charge in [-0.15, -0.1) is 0 Å². The lowest BCUT2D eigenvalue weighted by molar-refractivity contribution is 0.0900. The van der Waals surface area contributed by atoms with Crippen molar-refractivity contribution in [3.05, 3.63) is 76.0 Å². The molecule has 0 aromatic heterocycles. The normalized spacial score (nSPS) is 15.6. The van der Waals surface area contributed by atoms with Gasteiger partial charge in [0.2, 0.25) is 0 Å². The highest BCUT2D eigenvalue weighted by Crippen LogP contribution is 2.45. The maximum atomic E-state index is 13.6. The summed E-state index contributed by atoms with van der Waals surface area (Å²) in [6.45, 7) is 4.05. The molecule has 3 aliphatic rings. The van der Waals surface area contributed by atoms with E-state index in [0.29, 0.717) is 52.0 Å². The van der Waals surface area contributed by atoms with E-state index in [1.54, 1.807) is 18.2 Å². The molecule has 144 valence electrons. The third kappa shape index (κ3) is 2.77. The monoisotopic (exact) mass is 387 g/mol. The molecule has 2 heterocycles. The number of pyridine rings is 1. The number of Topliss-reactive ketones (excluding diaryl/α,β-unsaturated/α-hetero) is 1. The summed E-state index contributed by atoms with van der Waals surface area (Å²) in [5.74, 6) is 0.526. The van der Waals surface area contributed by atoms with E-state index < -0.39 is 5.56 Å². The summed E-state index contributed by atoms with van der Waals surface area (Å²) >= 11 is 0. The van der Waals surface area contributed by atoms with Gasteiger partial charge in [-0.25, -0.2) is 9.37 Å². The van der Waals surface area contributed by atoms with E-state index in [1.165, 1.54) is 12.1 Å². The molecule has 2 aliphatic heterocycles. The minimum Gasteiger partial charge on any atom is -0.459 e. The molecule has 0 saturated heterocycles. The van der Waals surface area contributed by atoms with Gasteiger partial charge in [0.05, 0.1) is 16.6 Å². The smallest absolute Gasteiger partial charge is 0.282 e. The van der Waals surface area contributed by atoms with Crippen LogP contribution in [0.3, 0.4) is 0 Å². The summed E-state index contributed by atoms with van der Waals surface area (Å²) in [4.78, 5) is 30.4. The number of hydrogen-bond acceptors (Lipinski definition) is 4. The number of ketones is 1. The number of carbonyl (C=O) groups excluding carboxylic acids is 1. The molecule has 5 heteroatoms. The van der Waals surface area contributed by atoms with Gasteiger partial charge in [-0.05, 0) is 35.2 Å². The Labute approximate surface area is 166 Å². The number of halogens is 1. The Morgan fingerprint density at radius 1 is 0.931 bits per heavy atom. The fourth-order valence-corrected chi connectivity index (χ4v) is 4.27. The van der Waals surface area contributed by atoms with Crippen LogP contribution in [0.25, 0.3) is 33.4 Å². The lowest BCUT2D eigenvalue weighted by atomic mass is 9.73. The molecule has 0 radical (unpaired) electrons. The Balaban J connectivity index is 1.98. The zero-order valence-corrected chi connectivity index (χ0v) is 16.1. The van der Waals surface area contributed by atoms with Crippen LogP contribution < -0.4 is 5.56 Å². The van der Waals surface area contributed by atoms with Crippen molar-refractivity contribution < 1.29 is 13.6 Å². The Bertz CT molecular complexity index is 1320. The summed E-state index contributed by atoms with van der Waals surface area (Å²) in [5, 5.41) is 0.712. The first kappa shape index (κ1) is 17.7. The molecular weight excluding hydrogens is 369 g/mol. The van der Waals surface area contributed by atoms with Crippen LogP contribution in [0.2, 0.25) is 0 Å². The highest BCUT2D eigenvalue weighted by molar-refractivity contribution is 6.09. The molecule has 0 atom stereocenters. The number of aromatic nitrogens is 1. The molecule has 2 aromatic rings. The number of carbonyl (C=O) groups is 1. The van der Waals surface area contributed by atoms with Gasteiger partial charge in [0.15, 0.2) is 5.78 Å². The summed E-state index contributed by atoms with van der Waals surface area (Å²) in [5.41, 5.74) is 1.61. The number of hydrogen-bond donors (Lipinski definition) is 0. The van der Waals surface area contributed by atoms with Crippen LogP contribution in [0.1, 0.15) is 36.4 Å². The first-order chi connectivity index (χ1) is 13.8. The molecule has 0 spiro atoms. The van der Waals surface area contributed by atoms with Gasteiger partial charge >= 0.3 is 0 Å². The lowest BCUT2D eigenvalue weighted by Crippen LogP contribution is -2.29. The number of rotatable bonds is 1. The van der Waals surface area contributed by atoms with Gasteiger partial charge in [0.25, 0.3) is 5.56 Å². The predicted octanol–water partition coefficient (Wildman–Crippen LogP) is 5.25. The number of para-hydroxylation sites is 1. The molecule has 2 aromatic carbocycles. The van der Waals surface area contributed by atoms with Crippen LogP contribution in [0, 0.1) is 11.2 Å². The van der Waals surface area contributed by atoms with Gasteiger partial charge in [0.1, 0.15) is 17.3 Å². The van der Waals surface area contributed by atoms with Gasteiger partial charge < -0.3 is 4.42 Å². The molecule has 0 bridgehead atoms. The third-order valence-corrected chi connectivity index (χ3v) is 5.51. The van der Waals surface area contributed by atoms with Crippen LogP contribution in [-0.2, 0) is 6.42 Å². The summed E-state index contributed by atoms with van der Waals surface area (Å²) in [6, 6.07) is 13.1. The maximum Gasteiger partial charge on any atom is 0.282 e. The molecule has 29 heavy (non-hydrogen) atoms. The zero-order valence-electron chi connectivity index (χ0n) is 16.1. The summed E-state index contributed by atoms with van der Waals surface area (Å²) in [7, 11) is 0. The molecule has 0 N–H and O–H groups in total. The van der Waals surface area contributed by atoms with E-state index in [1.807, 2.05) is 32.0 Å². The van der Waals surface area contributed by atoms with E-state index in [4.69, 9.17) is 4.42 Å². The van der Waals surface area contributed by atoms with Crippen LogP contribution in [-0.4, -0.2) is 10.8 Å². The van der Waals surface area contributed by atoms with Gasteiger partial charge in [-0.3, -0.25) is 9.59 Å². The van der Waals surface area contributed by atoms with E-state index in [0.717, 1.165) is 0 Å². The van der Waals surface area contributed by atoms with E-state index in [9.17, 15) is 14.0 Å². The Kier molecular flexibility index (Phi) is 3.72. The van der Waals surface area contributed by atoms with E-state index in [-0.39, 0.29) is 22.6 Å². The van der Waals surface area contributed by atoms with Crippen LogP contribution >= 0.6 is 0 Å². The van der Waals surface area contributed by atoms with Crippen molar-refractivity contribution >= 4 is 16.7 Å². The molecule has 4 nitrogen and oxygen atoms in total. The van der Waals surface area contributed by atoms with Gasteiger partial charge in [-0.2, -0.15) is 0 Å². The average molecular weight is 387 g/mol. The van der Waals surface area contributed by atoms with Crippen LogP contribution in [0.5, 0.6) is 0 Å². The van der Waals surface area contributed by atoms with Crippen LogP contribution in [0.15, 0.2) is 57.7 Å². The number of nitrogens with zero attached hydrogens (tertiary/aromatic N) is 1. The van der Waals surface area contributed by atoms with E-state index in [2.05, 4.69) is 4.98 Å². The highest BCUT2D eigenvalue weighted by atomic mass is 19.1. The Morgan fingerprint density at radius 3 is 2.41 bits per heavy atom. The summed E-state index contributed by atoms with van der Waals surface area (Å²) < 4.78 is 19.8. The average Bonchev–Trinajstić information content (AvgIpc) is 2.66. The Hall–Kier alpha value is -3.34. The second-order valence-corrected chi connectivity index (χ2v) is 8.36.